The number of nitrogens with zero attached hydrogens (tertiary/aromatic N) is 5. The van der Waals surface area contributed by atoms with Gasteiger partial charge in [0.15, 0.2) is 5.82 Å². The van der Waals surface area contributed by atoms with E-state index in [4.69, 9.17) is 9.97 Å². The van der Waals surface area contributed by atoms with Crippen LogP contribution in [0.5, 0.6) is 0 Å². The fourth-order valence-corrected chi connectivity index (χ4v) is 3.64. The molecule has 3 heterocycles. The zero-order chi connectivity index (χ0) is 19.6. The van der Waals surface area contributed by atoms with E-state index in [0.717, 1.165) is 54.3 Å². The molecular weight excluding hydrogens is 362 g/mol. The Labute approximate surface area is 169 Å². The molecule has 0 aliphatic carbocycles. The molecular formula is C22H23N7. The highest BCUT2D eigenvalue weighted by molar-refractivity contribution is 5.94. The van der Waals surface area contributed by atoms with Gasteiger partial charge in [0.25, 0.3) is 0 Å². The second kappa shape index (κ2) is 7.52. The highest BCUT2D eigenvalue weighted by atomic mass is 15.2. The Morgan fingerprint density at radius 2 is 1.76 bits per heavy atom. The molecule has 2 aromatic carbocycles. The van der Waals surface area contributed by atoms with Crippen molar-refractivity contribution in [3.63, 3.8) is 0 Å². The predicted octanol–water partition coefficient (Wildman–Crippen LogP) is 3.52. The van der Waals surface area contributed by atoms with E-state index in [1.807, 2.05) is 36.4 Å². The molecule has 7 nitrogen and oxygen atoms in total. The maximum atomic E-state index is 4.89. The number of fused-ring (bicyclic) bond motifs is 1. The Morgan fingerprint density at radius 1 is 0.931 bits per heavy atom. The van der Waals surface area contributed by atoms with Crippen molar-refractivity contribution < 1.29 is 0 Å². The van der Waals surface area contributed by atoms with Crippen LogP contribution in [-0.4, -0.2) is 58.3 Å². The van der Waals surface area contributed by atoms with Gasteiger partial charge in [0.1, 0.15) is 11.6 Å². The second-order valence-corrected chi connectivity index (χ2v) is 7.35. The standard InChI is InChI=1S/C22H23N7/c1-28-11-13-29(14-12-28)17-7-8-18-19(15-17)24-21(16-5-3-2-4-6-16)26-22(18)25-20-9-10-23-27-20/h2-10,15H,11-14H2,1H3,(H2,23,24,25,26,27). The zero-order valence-electron chi connectivity index (χ0n) is 16.3. The lowest BCUT2D eigenvalue weighted by Crippen LogP contribution is -2.44. The second-order valence-electron chi connectivity index (χ2n) is 7.35. The van der Waals surface area contributed by atoms with Crippen LogP contribution in [0.4, 0.5) is 17.3 Å². The van der Waals surface area contributed by atoms with E-state index in [-0.39, 0.29) is 0 Å². The lowest BCUT2D eigenvalue weighted by Gasteiger charge is -2.34. The minimum Gasteiger partial charge on any atom is -0.369 e. The lowest BCUT2D eigenvalue weighted by molar-refractivity contribution is 0.313. The number of aromatic nitrogens is 4. The third-order valence-corrected chi connectivity index (χ3v) is 5.33. The molecule has 0 saturated carbocycles. The SMILES string of the molecule is CN1CCN(c2ccc3c(Nc4ccn[nH]4)nc(-c4ccccc4)nc3c2)CC1. The van der Waals surface area contributed by atoms with Crippen LogP contribution in [0.15, 0.2) is 60.8 Å². The monoisotopic (exact) mass is 385 g/mol. The Bertz CT molecular complexity index is 1100. The van der Waals surface area contributed by atoms with Crippen molar-refractivity contribution >= 4 is 28.2 Å². The summed E-state index contributed by atoms with van der Waals surface area (Å²) < 4.78 is 0. The topological polar surface area (TPSA) is 73.0 Å². The average Bonchev–Trinajstić information content (AvgIpc) is 3.27. The molecule has 1 aliphatic rings. The van der Waals surface area contributed by atoms with Crippen molar-refractivity contribution in [2.45, 2.75) is 0 Å². The van der Waals surface area contributed by atoms with Gasteiger partial charge >= 0.3 is 0 Å². The summed E-state index contributed by atoms with van der Waals surface area (Å²) in [5.74, 6) is 2.27. The Kier molecular flexibility index (Phi) is 4.57. The molecule has 0 atom stereocenters. The summed E-state index contributed by atoms with van der Waals surface area (Å²) in [7, 11) is 2.17. The van der Waals surface area contributed by atoms with E-state index in [2.05, 4.69) is 50.6 Å². The number of anilines is 3. The van der Waals surface area contributed by atoms with Crippen LogP contribution in [0.3, 0.4) is 0 Å². The average molecular weight is 385 g/mol. The molecule has 1 fully saturated rings. The summed E-state index contributed by atoms with van der Waals surface area (Å²) in [6.07, 6.45) is 1.72. The third-order valence-electron chi connectivity index (χ3n) is 5.33. The molecule has 5 rings (SSSR count). The third kappa shape index (κ3) is 3.64. The zero-order valence-corrected chi connectivity index (χ0v) is 16.3. The van der Waals surface area contributed by atoms with Crippen molar-refractivity contribution in [3.8, 4) is 11.4 Å². The van der Waals surface area contributed by atoms with Gasteiger partial charge in [-0.25, -0.2) is 9.97 Å². The first-order valence-electron chi connectivity index (χ1n) is 9.83. The maximum absolute atomic E-state index is 4.89. The first-order valence-corrected chi connectivity index (χ1v) is 9.83. The minimum absolute atomic E-state index is 0.704. The molecule has 146 valence electrons. The largest absolute Gasteiger partial charge is 0.369 e. The van der Waals surface area contributed by atoms with Gasteiger partial charge in [0, 0.05) is 48.9 Å². The Hall–Kier alpha value is -3.45. The molecule has 1 saturated heterocycles. The first-order chi connectivity index (χ1) is 14.3. The van der Waals surface area contributed by atoms with Gasteiger partial charge in [-0.05, 0) is 25.2 Å². The summed E-state index contributed by atoms with van der Waals surface area (Å²) in [4.78, 5) is 14.5. The van der Waals surface area contributed by atoms with Gasteiger partial charge in [-0.3, -0.25) is 5.10 Å². The number of hydrogen-bond acceptors (Lipinski definition) is 6. The van der Waals surface area contributed by atoms with Crippen LogP contribution in [0.25, 0.3) is 22.3 Å². The van der Waals surface area contributed by atoms with Crippen LogP contribution in [0, 0.1) is 0 Å². The Balaban J connectivity index is 1.60. The van der Waals surface area contributed by atoms with Crippen molar-refractivity contribution in [2.75, 3.05) is 43.4 Å². The summed E-state index contributed by atoms with van der Waals surface area (Å²) in [6.45, 7) is 4.20. The molecule has 7 heteroatoms. The van der Waals surface area contributed by atoms with Gasteiger partial charge in [-0.15, -0.1) is 0 Å². The molecule has 0 radical (unpaired) electrons. The molecule has 0 spiro atoms. The number of likely N-dealkylation sites (N-methyl/N-ethyl adjacent to an activating group) is 1. The minimum atomic E-state index is 0.704. The van der Waals surface area contributed by atoms with Crippen LogP contribution in [0.2, 0.25) is 0 Å². The first kappa shape index (κ1) is 17.6. The van der Waals surface area contributed by atoms with E-state index >= 15 is 0 Å². The quantitative estimate of drug-likeness (QED) is 0.560. The number of rotatable bonds is 4. The summed E-state index contributed by atoms with van der Waals surface area (Å²) >= 11 is 0. The van der Waals surface area contributed by atoms with Crippen molar-refractivity contribution in [3.05, 3.63) is 60.8 Å². The van der Waals surface area contributed by atoms with Gasteiger partial charge in [0.05, 0.1) is 11.7 Å². The number of aromatic amines is 1. The highest BCUT2D eigenvalue weighted by Gasteiger charge is 2.16. The molecule has 0 amide bonds. The summed E-state index contributed by atoms with van der Waals surface area (Å²) in [5.41, 5.74) is 3.13. The van der Waals surface area contributed by atoms with Crippen LogP contribution < -0.4 is 10.2 Å². The van der Waals surface area contributed by atoms with Crippen LogP contribution in [-0.2, 0) is 0 Å². The van der Waals surface area contributed by atoms with E-state index in [9.17, 15) is 0 Å². The number of benzene rings is 2. The van der Waals surface area contributed by atoms with Crippen LogP contribution in [0.1, 0.15) is 0 Å². The smallest absolute Gasteiger partial charge is 0.162 e. The molecule has 2 aromatic heterocycles. The van der Waals surface area contributed by atoms with E-state index in [1.54, 1.807) is 6.20 Å². The highest BCUT2D eigenvalue weighted by Crippen LogP contribution is 2.30. The van der Waals surface area contributed by atoms with Gasteiger partial charge in [-0.1, -0.05) is 30.3 Å². The fourth-order valence-electron chi connectivity index (χ4n) is 3.64. The number of nitrogens with one attached hydrogen (secondary N) is 2. The summed E-state index contributed by atoms with van der Waals surface area (Å²) in [6, 6.07) is 18.4. The predicted molar refractivity (Wildman–Crippen MR) is 117 cm³/mol. The summed E-state index contributed by atoms with van der Waals surface area (Å²) in [5, 5.41) is 11.3. The molecule has 1 aliphatic heterocycles. The molecule has 2 N–H and O–H groups in total. The molecule has 29 heavy (non-hydrogen) atoms. The van der Waals surface area contributed by atoms with E-state index in [1.165, 1.54) is 5.69 Å². The maximum Gasteiger partial charge on any atom is 0.162 e. The van der Waals surface area contributed by atoms with Gasteiger partial charge in [0.2, 0.25) is 0 Å². The molecule has 0 unspecified atom stereocenters. The molecule has 0 bridgehead atoms. The van der Waals surface area contributed by atoms with Gasteiger partial charge in [-0.2, -0.15) is 5.10 Å². The van der Waals surface area contributed by atoms with E-state index in [0.29, 0.717) is 5.82 Å². The molecule has 4 aromatic rings. The van der Waals surface area contributed by atoms with Crippen molar-refractivity contribution in [2.24, 2.45) is 0 Å². The van der Waals surface area contributed by atoms with Crippen LogP contribution >= 0.6 is 0 Å². The van der Waals surface area contributed by atoms with E-state index < -0.39 is 0 Å². The van der Waals surface area contributed by atoms with Crippen molar-refractivity contribution in [1.82, 2.24) is 25.1 Å². The lowest BCUT2D eigenvalue weighted by atomic mass is 10.1. The Morgan fingerprint density at radius 3 is 2.52 bits per heavy atom. The number of hydrogen-bond donors (Lipinski definition) is 2. The number of piperazine rings is 1. The number of H-pyrrole nitrogens is 1. The van der Waals surface area contributed by atoms with Crippen molar-refractivity contribution in [1.29, 1.82) is 0 Å². The van der Waals surface area contributed by atoms with Gasteiger partial charge < -0.3 is 15.1 Å². The fraction of sp³-hybridized carbons (Fsp3) is 0.227. The normalized spacial score (nSPS) is 15.0.